The van der Waals surface area contributed by atoms with Crippen LogP contribution in [-0.4, -0.2) is 19.3 Å². The second kappa shape index (κ2) is 5.62. The molecule has 4 heteroatoms. The van der Waals surface area contributed by atoms with E-state index in [0.717, 1.165) is 24.0 Å². The van der Waals surface area contributed by atoms with Gasteiger partial charge < -0.3 is 0 Å². The number of rotatable bonds is 3. The third-order valence-electron chi connectivity index (χ3n) is 4.10. The summed E-state index contributed by atoms with van der Waals surface area (Å²) in [5, 5.41) is 0. The van der Waals surface area contributed by atoms with Crippen molar-refractivity contribution in [3.8, 4) is 0 Å². The van der Waals surface area contributed by atoms with Crippen molar-refractivity contribution in [3.63, 3.8) is 0 Å². The second-order valence-corrected chi connectivity index (χ2v) is 7.33. The molecule has 0 aliphatic carbocycles. The maximum atomic E-state index is 12.9. The molecule has 3 rings (SSSR count). The molecule has 110 valence electrons. The molecule has 21 heavy (non-hydrogen) atoms. The Labute approximate surface area is 126 Å². The zero-order chi connectivity index (χ0) is 14.9. The minimum atomic E-state index is -3.42. The fraction of sp³-hybridized carbons (Fsp3) is 0.294. The van der Waals surface area contributed by atoms with Crippen molar-refractivity contribution < 1.29 is 8.42 Å². The highest BCUT2D eigenvalue weighted by molar-refractivity contribution is 7.89. The molecule has 0 spiro atoms. The summed E-state index contributed by atoms with van der Waals surface area (Å²) in [6.45, 7) is 2.64. The molecule has 2 aromatic carbocycles. The molecule has 0 radical (unpaired) electrons. The van der Waals surface area contributed by atoms with Gasteiger partial charge in [0.1, 0.15) is 0 Å². The van der Waals surface area contributed by atoms with Crippen LogP contribution in [0.25, 0.3) is 0 Å². The highest BCUT2D eigenvalue weighted by Gasteiger charge is 2.36. The second-order valence-electron chi connectivity index (χ2n) is 5.44. The van der Waals surface area contributed by atoms with Crippen LogP contribution in [0.2, 0.25) is 0 Å². The SMILES string of the molecule is Cc1ccccc1C1CCCN1S(=O)(=O)c1ccccc1. The van der Waals surface area contributed by atoms with Gasteiger partial charge in [-0.25, -0.2) is 8.42 Å². The first-order valence-corrected chi connectivity index (χ1v) is 8.67. The van der Waals surface area contributed by atoms with E-state index in [9.17, 15) is 8.42 Å². The van der Waals surface area contributed by atoms with Crippen LogP contribution in [-0.2, 0) is 10.0 Å². The van der Waals surface area contributed by atoms with E-state index in [1.807, 2.05) is 37.3 Å². The Morgan fingerprint density at radius 1 is 1.00 bits per heavy atom. The van der Waals surface area contributed by atoms with E-state index in [2.05, 4.69) is 0 Å². The molecule has 0 aromatic heterocycles. The lowest BCUT2D eigenvalue weighted by atomic mass is 10.0. The van der Waals surface area contributed by atoms with Crippen molar-refractivity contribution >= 4 is 10.0 Å². The molecule has 0 saturated carbocycles. The van der Waals surface area contributed by atoms with E-state index in [1.54, 1.807) is 28.6 Å². The van der Waals surface area contributed by atoms with Crippen LogP contribution in [0.15, 0.2) is 59.5 Å². The molecule has 0 amide bonds. The number of aryl methyl sites for hydroxylation is 1. The maximum absolute atomic E-state index is 12.9. The summed E-state index contributed by atoms with van der Waals surface area (Å²) in [4.78, 5) is 0.380. The topological polar surface area (TPSA) is 37.4 Å². The van der Waals surface area contributed by atoms with E-state index in [1.165, 1.54) is 0 Å². The van der Waals surface area contributed by atoms with Crippen molar-refractivity contribution in [2.24, 2.45) is 0 Å². The molecule has 1 saturated heterocycles. The molecule has 1 fully saturated rings. The normalized spacial score (nSPS) is 19.8. The lowest BCUT2D eigenvalue weighted by Gasteiger charge is -2.25. The van der Waals surface area contributed by atoms with Gasteiger partial charge in [0.05, 0.1) is 10.9 Å². The van der Waals surface area contributed by atoms with Gasteiger partial charge in [-0.3, -0.25) is 0 Å². The summed E-state index contributed by atoms with van der Waals surface area (Å²) in [5.74, 6) is 0. The van der Waals surface area contributed by atoms with Crippen LogP contribution < -0.4 is 0 Å². The van der Waals surface area contributed by atoms with Crippen LogP contribution in [0.4, 0.5) is 0 Å². The summed E-state index contributed by atoms with van der Waals surface area (Å²) in [7, 11) is -3.42. The summed E-state index contributed by atoms with van der Waals surface area (Å²) >= 11 is 0. The van der Waals surface area contributed by atoms with Gasteiger partial charge in [0.25, 0.3) is 0 Å². The van der Waals surface area contributed by atoms with Crippen LogP contribution in [0, 0.1) is 6.92 Å². The predicted octanol–water partition coefficient (Wildman–Crippen LogP) is 3.52. The van der Waals surface area contributed by atoms with Gasteiger partial charge in [0.2, 0.25) is 10.0 Å². The summed E-state index contributed by atoms with van der Waals surface area (Å²) in [5.41, 5.74) is 2.27. The molecular weight excluding hydrogens is 282 g/mol. The van der Waals surface area contributed by atoms with Crippen molar-refractivity contribution in [2.45, 2.75) is 30.7 Å². The molecule has 0 bridgehead atoms. The van der Waals surface area contributed by atoms with Crippen molar-refractivity contribution in [3.05, 3.63) is 65.7 Å². The fourth-order valence-electron chi connectivity index (χ4n) is 3.03. The Hall–Kier alpha value is -1.65. The molecule has 2 aromatic rings. The Kier molecular flexibility index (Phi) is 3.83. The maximum Gasteiger partial charge on any atom is 0.243 e. The number of hydrogen-bond acceptors (Lipinski definition) is 2. The standard InChI is InChI=1S/C17H19NO2S/c1-14-8-5-6-11-16(14)17-12-7-13-18(17)21(19,20)15-9-3-2-4-10-15/h2-6,8-11,17H,7,12-13H2,1H3. The third-order valence-corrected chi connectivity index (χ3v) is 6.02. The Morgan fingerprint density at radius 2 is 1.67 bits per heavy atom. The van der Waals surface area contributed by atoms with Gasteiger partial charge >= 0.3 is 0 Å². The molecule has 1 aliphatic rings. The minimum absolute atomic E-state index is 0.0450. The average Bonchev–Trinajstić information content (AvgIpc) is 2.99. The van der Waals surface area contributed by atoms with Gasteiger partial charge in [-0.1, -0.05) is 42.5 Å². The number of benzene rings is 2. The highest BCUT2D eigenvalue weighted by Crippen LogP contribution is 2.37. The number of nitrogens with zero attached hydrogens (tertiary/aromatic N) is 1. The average molecular weight is 301 g/mol. The van der Waals surface area contributed by atoms with Gasteiger partial charge in [-0.15, -0.1) is 0 Å². The van der Waals surface area contributed by atoms with E-state index in [4.69, 9.17) is 0 Å². The van der Waals surface area contributed by atoms with Gasteiger partial charge in [0.15, 0.2) is 0 Å². The number of sulfonamides is 1. The Balaban J connectivity index is 2.00. The van der Waals surface area contributed by atoms with Crippen LogP contribution in [0.3, 0.4) is 0 Å². The minimum Gasteiger partial charge on any atom is -0.207 e. The Bertz CT molecular complexity index is 725. The van der Waals surface area contributed by atoms with Gasteiger partial charge in [-0.2, -0.15) is 4.31 Å². The largest absolute Gasteiger partial charge is 0.243 e. The molecule has 1 heterocycles. The van der Waals surface area contributed by atoms with Crippen molar-refractivity contribution in [1.29, 1.82) is 0 Å². The molecule has 0 N–H and O–H groups in total. The van der Waals surface area contributed by atoms with Crippen LogP contribution >= 0.6 is 0 Å². The van der Waals surface area contributed by atoms with E-state index >= 15 is 0 Å². The first-order valence-electron chi connectivity index (χ1n) is 7.23. The first kappa shape index (κ1) is 14.3. The Morgan fingerprint density at radius 3 is 2.38 bits per heavy atom. The molecule has 1 unspecified atom stereocenters. The van der Waals surface area contributed by atoms with E-state index in [0.29, 0.717) is 11.4 Å². The molecular formula is C17H19NO2S. The first-order chi connectivity index (χ1) is 10.1. The zero-order valence-corrected chi connectivity index (χ0v) is 12.9. The lowest BCUT2D eigenvalue weighted by molar-refractivity contribution is 0.395. The number of hydrogen-bond donors (Lipinski definition) is 0. The third kappa shape index (κ3) is 2.61. The zero-order valence-electron chi connectivity index (χ0n) is 12.1. The smallest absolute Gasteiger partial charge is 0.207 e. The summed E-state index contributed by atoms with van der Waals surface area (Å²) in [6, 6.07) is 16.7. The van der Waals surface area contributed by atoms with Crippen molar-refractivity contribution in [1.82, 2.24) is 4.31 Å². The molecule has 3 nitrogen and oxygen atoms in total. The predicted molar refractivity (Wildman–Crippen MR) is 83.5 cm³/mol. The van der Waals surface area contributed by atoms with Gasteiger partial charge in [-0.05, 0) is 43.0 Å². The summed E-state index contributed by atoms with van der Waals surface area (Å²) < 4.78 is 27.4. The van der Waals surface area contributed by atoms with E-state index in [-0.39, 0.29) is 6.04 Å². The lowest BCUT2D eigenvalue weighted by Crippen LogP contribution is -2.31. The van der Waals surface area contributed by atoms with Gasteiger partial charge in [0, 0.05) is 6.54 Å². The van der Waals surface area contributed by atoms with Crippen molar-refractivity contribution in [2.75, 3.05) is 6.54 Å². The fourth-order valence-corrected chi connectivity index (χ4v) is 4.72. The quantitative estimate of drug-likeness (QED) is 0.870. The van der Waals surface area contributed by atoms with E-state index < -0.39 is 10.0 Å². The van der Waals surface area contributed by atoms with Crippen LogP contribution in [0.5, 0.6) is 0 Å². The highest BCUT2D eigenvalue weighted by atomic mass is 32.2. The molecule has 1 aliphatic heterocycles. The molecule has 1 atom stereocenters. The monoisotopic (exact) mass is 301 g/mol. The summed E-state index contributed by atoms with van der Waals surface area (Å²) in [6.07, 6.45) is 1.79. The van der Waals surface area contributed by atoms with Crippen LogP contribution in [0.1, 0.15) is 30.0 Å².